The van der Waals surface area contributed by atoms with E-state index in [4.69, 9.17) is 10.8 Å². The van der Waals surface area contributed by atoms with Gasteiger partial charge in [0.05, 0.1) is 6.04 Å². The smallest absolute Gasteiger partial charge is 0.303 e. The van der Waals surface area contributed by atoms with Crippen molar-refractivity contribution in [3.8, 4) is 0 Å². The van der Waals surface area contributed by atoms with Gasteiger partial charge in [-0.3, -0.25) is 9.59 Å². The van der Waals surface area contributed by atoms with Gasteiger partial charge in [0.25, 0.3) is 0 Å². The van der Waals surface area contributed by atoms with E-state index in [-0.39, 0.29) is 12.3 Å². The Morgan fingerprint density at radius 1 is 1.33 bits per heavy atom. The van der Waals surface area contributed by atoms with Crippen molar-refractivity contribution in [1.29, 1.82) is 0 Å². The minimum absolute atomic E-state index is 0.0373. The molecule has 18 heavy (non-hydrogen) atoms. The van der Waals surface area contributed by atoms with E-state index in [2.05, 4.69) is 0 Å². The molecular weight excluding hydrogens is 232 g/mol. The predicted octanol–water partition coefficient (Wildman–Crippen LogP) is 1.23. The van der Waals surface area contributed by atoms with Crippen LogP contribution in [0.5, 0.6) is 0 Å². The largest absolute Gasteiger partial charge is 0.481 e. The quantitative estimate of drug-likeness (QED) is 0.795. The van der Waals surface area contributed by atoms with E-state index in [1.165, 1.54) is 4.90 Å². The van der Waals surface area contributed by atoms with E-state index in [0.717, 1.165) is 5.69 Å². The Kier molecular flexibility index (Phi) is 5.32. The summed E-state index contributed by atoms with van der Waals surface area (Å²) < 4.78 is 0. The molecule has 0 saturated carbocycles. The first kappa shape index (κ1) is 14.2. The first-order chi connectivity index (χ1) is 8.52. The Morgan fingerprint density at radius 2 is 1.94 bits per heavy atom. The number of carboxylic acid groups (broad SMARTS) is 1. The standard InChI is InChI=1S/C13H18N2O3/c1-10(14)13(18)15(9-5-8-12(16)17)11-6-3-2-4-7-11/h2-4,6-7,10H,5,8-9,14H2,1H3,(H,16,17)/t10-/m1/s1. The molecule has 1 aromatic rings. The van der Waals surface area contributed by atoms with E-state index in [9.17, 15) is 9.59 Å². The lowest BCUT2D eigenvalue weighted by molar-refractivity contribution is -0.137. The van der Waals surface area contributed by atoms with Crippen LogP contribution in [0.25, 0.3) is 0 Å². The van der Waals surface area contributed by atoms with Crippen LogP contribution in [-0.4, -0.2) is 29.6 Å². The van der Waals surface area contributed by atoms with Gasteiger partial charge in [-0.2, -0.15) is 0 Å². The number of aliphatic carboxylic acids is 1. The lowest BCUT2D eigenvalue weighted by Gasteiger charge is -2.24. The highest BCUT2D eigenvalue weighted by Crippen LogP contribution is 2.15. The second kappa shape index (κ2) is 6.76. The molecule has 5 nitrogen and oxygen atoms in total. The fourth-order valence-electron chi connectivity index (χ4n) is 1.61. The number of carbonyl (C=O) groups is 2. The van der Waals surface area contributed by atoms with E-state index in [1.54, 1.807) is 19.1 Å². The van der Waals surface area contributed by atoms with Crippen molar-refractivity contribution in [2.45, 2.75) is 25.8 Å². The molecule has 1 amide bonds. The first-order valence-corrected chi connectivity index (χ1v) is 5.86. The van der Waals surface area contributed by atoms with Gasteiger partial charge in [-0.1, -0.05) is 18.2 Å². The SMILES string of the molecule is C[C@@H](N)C(=O)N(CCCC(=O)O)c1ccccc1. The molecule has 0 fully saturated rings. The Labute approximate surface area is 106 Å². The van der Waals surface area contributed by atoms with Crippen LogP contribution in [0.15, 0.2) is 30.3 Å². The summed E-state index contributed by atoms with van der Waals surface area (Å²) in [5, 5.41) is 8.62. The summed E-state index contributed by atoms with van der Waals surface area (Å²) in [6.45, 7) is 1.98. The molecule has 0 heterocycles. The van der Waals surface area contributed by atoms with Gasteiger partial charge in [-0.05, 0) is 25.5 Å². The Bertz CT molecular complexity index is 404. The topological polar surface area (TPSA) is 83.6 Å². The van der Waals surface area contributed by atoms with Crippen LogP contribution in [0, 0.1) is 0 Å². The maximum absolute atomic E-state index is 12.0. The third kappa shape index (κ3) is 4.18. The lowest BCUT2D eigenvalue weighted by atomic mass is 10.2. The number of para-hydroxylation sites is 1. The van der Waals surface area contributed by atoms with Gasteiger partial charge < -0.3 is 15.7 Å². The van der Waals surface area contributed by atoms with Crippen molar-refractivity contribution >= 4 is 17.6 Å². The number of anilines is 1. The molecule has 0 unspecified atom stereocenters. The molecule has 98 valence electrons. The zero-order valence-electron chi connectivity index (χ0n) is 10.4. The average Bonchev–Trinajstić information content (AvgIpc) is 2.34. The summed E-state index contributed by atoms with van der Waals surface area (Å²) in [6, 6.07) is 8.52. The molecule has 0 spiro atoms. The number of carbonyl (C=O) groups excluding carboxylic acids is 1. The van der Waals surface area contributed by atoms with E-state index < -0.39 is 12.0 Å². The van der Waals surface area contributed by atoms with Crippen molar-refractivity contribution in [2.24, 2.45) is 5.73 Å². The molecule has 1 atom stereocenters. The summed E-state index contributed by atoms with van der Waals surface area (Å²) in [4.78, 5) is 24.0. The van der Waals surface area contributed by atoms with Gasteiger partial charge in [0.1, 0.15) is 0 Å². The molecule has 1 rings (SSSR count). The third-order valence-electron chi connectivity index (χ3n) is 2.50. The summed E-state index contributed by atoms with van der Waals surface area (Å²) in [6.07, 6.45) is 0.443. The number of amides is 1. The highest BCUT2D eigenvalue weighted by atomic mass is 16.4. The third-order valence-corrected chi connectivity index (χ3v) is 2.50. The fraction of sp³-hybridized carbons (Fsp3) is 0.385. The zero-order valence-corrected chi connectivity index (χ0v) is 10.4. The van der Waals surface area contributed by atoms with Crippen molar-refractivity contribution in [3.63, 3.8) is 0 Å². The van der Waals surface area contributed by atoms with Gasteiger partial charge in [0.15, 0.2) is 0 Å². The van der Waals surface area contributed by atoms with Crippen molar-refractivity contribution in [1.82, 2.24) is 0 Å². The Hall–Kier alpha value is -1.88. The van der Waals surface area contributed by atoms with Crippen LogP contribution in [-0.2, 0) is 9.59 Å². The van der Waals surface area contributed by atoms with Crippen LogP contribution < -0.4 is 10.6 Å². The molecular formula is C13H18N2O3. The molecule has 1 aromatic carbocycles. The summed E-state index contributed by atoms with van der Waals surface area (Å²) in [7, 11) is 0. The number of benzene rings is 1. The number of carboxylic acids is 1. The molecule has 0 aliphatic carbocycles. The van der Waals surface area contributed by atoms with Gasteiger partial charge in [-0.15, -0.1) is 0 Å². The van der Waals surface area contributed by atoms with E-state index in [0.29, 0.717) is 13.0 Å². The molecule has 0 aromatic heterocycles. The second-order valence-electron chi connectivity index (χ2n) is 4.11. The second-order valence-corrected chi connectivity index (χ2v) is 4.11. The van der Waals surface area contributed by atoms with Crippen LogP contribution in [0.4, 0.5) is 5.69 Å². The van der Waals surface area contributed by atoms with Crippen molar-refractivity contribution in [2.75, 3.05) is 11.4 Å². The van der Waals surface area contributed by atoms with Gasteiger partial charge in [0, 0.05) is 18.7 Å². The molecule has 0 aliphatic rings. The van der Waals surface area contributed by atoms with Crippen LogP contribution in [0.2, 0.25) is 0 Å². The molecule has 3 N–H and O–H groups in total. The monoisotopic (exact) mass is 250 g/mol. The minimum atomic E-state index is -0.865. The molecule has 5 heteroatoms. The predicted molar refractivity (Wildman–Crippen MR) is 69.3 cm³/mol. The summed E-state index contributed by atoms with van der Waals surface area (Å²) >= 11 is 0. The summed E-state index contributed by atoms with van der Waals surface area (Å²) in [5.41, 5.74) is 6.34. The van der Waals surface area contributed by atoms with Crippen LogP contribution in [0.3, 0.4) is 0 Å². The van der Waals surface area contributed by atoms with Crippen LogP contribution >= 0.6 is 0 Å². The molecule has 0 saturated heterocycles. The van der Waals surface area contributed by atoms with Gasteiger partial charge >= 0.3 is 5.97 Å². The number of rotatable bonds is 6. The van der Waals surface area contributed by atoms with Crippen molar-refractivity contribution in [3.05, 3.63) is 30.3 Å². The maximum Gasteiger partial charge on any atom is 0.303 e. The fourth-order valence-corrected chi connectivity index (χ4v) is 1.61. The number of nitrogens with two attached hydrogens (primary N) is 1. The van der Waals surface area contributed by atoms with E-state index in [1.807, 2.05) is 18.2 Å². The number of hydrogen-bond acceptors (Lipinski definition) is 3. The first-order valence-electron chi connectivity index (χ1n) is 5.86. The number of hydrogen-bond donors (Lipinski definition) is 2. The normalized spacial score (nSPS) is 11.9. The maximum atomic E-state index is 12.0. The Balaban J connectivity index is 2.76. The van der Waals surface area contributed by atoms with Crippen LogP contribution in [0.1, 0.15) is 19.8 Å². The molecule has 0 radical (unpaired) electrons. The highest BCUT2D eigenvalue weighted by Gasteiger charge is 2.18. The number of nitrogens with zero attached hydrogens (tertiary/aromatic N) is 1. The van der Waals surface area contributed by atoms with Gasteiger partial charge in [-0.25, -0.2) is 0 Å². The Morgan fingerprint density at radius 3 is 2.44 bits per heavy atom. The van der Waals surface area contributed by atoms with Crippen molar-refractivity contribution < 1.29 is 14.7 Å². The minimum Gasteiger partial charge on any atom is -0.481 e. The van der Waals surface area contributed by atoms with E-state index >= 15 is 0 Å². The summed E-state index contributed by atoms with van der Waals surface area (Å²) in [5.74, 6) is -1.07. The zero-order chi connectivity index (χ0) is 13.5. The lowest BCUT2D eigenvalue weighted by Crippen LogP contribution is -2.42. The molecule has 0 bridgehead atoms. The molecule has 0 aliphatic heterocycles. The average molecular weight is 250 g/mol. The van der Waals surface area contributed by atoms with Gasteiger partial charge in [0.2, 0.25) is 5.91 Å². The highest BCUT2D eigenvalue weighted by molar-refractivity contribution is 5.96.